The van der Waals surface area contributed by atoms with Crippen molar-refractivity contribution >= 4 is 70.2 Å². The molecular formula is C49H32N2S. The van der Waals surface area contributed by atoms with Crippen LogP contribution >= 0.6 is 11.3 Å². The Hall–Kier alpha value is -6.55. The molecule has 3 heteroatoms. The second-order valence-corrected chi connectivity index (χ2v) is 14.3. The fourth-order valence-corrected chi connectivity index (χ4v) is 8.62. The van der Waals surface area contributed by atoms with E-state index in [-0.39, 0.29) is 0 Å². The second-order valence-electron chi connectivity index (χ2n) is 13.2. The number of pyridine rings is 1. The van der Waals surface area contributed by atoms with Gasteiger partial charge in [0.25, 0.3) is 0 Å². The SMILES string of the molecule is c1ccc(-c2ccc(N(c3ccc(-c4cnc5c(c4)sc4ccccc45)cc3)c3ccc(-c4cc5ccccc5c5ccccc45)cc3)cc2)cc1. The van der Waals surface area contributed by atoms with E-state index in [0.29, 0.717) is 0 Å². The molecule has 2 nitrogen and oxygen atoms in total. The molecule has 0 spiro atoms. The smallest absolute Gasteiger partial charge is 0.0888 e. The molecule has 0 aliphatic heterocycles. The lowest BCUT2D eigenvalue weighted by atomic mass is 9.93. The number of aromatic nitrogens is 1. The van der Waals surface area contributed by atoms with Crippen molar-refractivity contribution in [3.05, 3.63) is 194 Å². The van der Waals surface area contributed by atoms with Crippen LogP contribution in [0.1, 0.15) is 0 Å². The average Bonchev–Trinajstić information content (AvgIpc) is 3.60. The highest BCUT2D eigenvalue weighted by molar-refractivity contribution is 7.25. The topological polar surface area (TPSA) is 16.1 Å². The van der Waals surface area contributed by atoms with Gasteiger partial charge in [0.15, 0.2) is 0 Å². The predicted octanol–water partition coefficient (Wildman–Crippen LogP) is 14.2. The van der Waals surface area contributed by atoms with Crippen LogP contribution in [0.2, 0.25) is 0 Å². The van der Waals surface area contributed by atoms with E-state index >= 15 is 0 Å². The molecule has 52 heavy (non-hydrogen) atoms. The van der Waals surface area contributed by atoms with E-state index < -0.39 is 0 Å². The molecule has 0 N–H and O–H groups in total. The number of rotatable bonds is 6. The summed E-state index contributed by atoms with van der Waals surface area (Å²) >= 11 is 1.80. The summed E-state index contributed by atoms with van der Waals surface area (Å²) in [7, 11) is 0. The summed E-state index contributed by atoms with van der Waals surface area (Å²) in [6.45, 7) is 0. The van der Waals surface area contributed by atoms with Crippen LogP contribution in [-0.2, 0) is 0 Å². The summed E-state index contributed by atoms with van der Waals surface area (Å²) in [5.41, 5.74) is 11.5. The Kier molecular flexibility index (Phi) is 7.37. The molecule has 2 aromatic heterocycles. The van der Waals surface area contributed by atoms with Crippen molar-refractivity contribution in [1.29, 1.82) is 0 Å². The van der Waals surface area contributed by atoms with E-state index in [2.05, 4.69) is 193 Å². The molecule has 0 fully saturated rings. The average molecular weight is 681 g/mol. The van der Waals surface area contributed by atoms with Crippen molar-refractivity contribution in [2.24, 2.45) is 0 Å². The van der Waals surface area contributed by atoms with Gasteiger partial charge < -0.3 is 4.90 Å². The van der Waals surface area contributed by atoms with E-state index in [4.69, 9.17) is 4.98 Å². The highest BCUT2D eigenvalue weighted by atomic mass is 32.1. The summed E-state index contributed by atoms with van der Waals surface area (Å²) in [6, 6.07) is 67.8. The zero-order valence-corrected chi connectivity index (χ0v) is 29.1. The third-order valence-electron chi connectivity index (χ3n) is 10.1. The fourth-order valence-electron chi connectivity index (χ4n) is 7.52. The first-order valence-electron chi connectivity index (χ1n) is 17.6. The van der Waals surface area contributed by atoms with Crippen LogP contribution in [0.3, 0.4) is 0 Å². The first kappa shape index (κ1) is 30.3. The Morgan fingerprint density at radius 1 is 0.365 bits per heavy atom. The minimum atomic E-state index is 1.08. The summed E-state index contributed by atoms with van der Waals surface area (Å²) in [6.07, 6.45) is 2.01. The second kappa shape index (κ2) is 12.6. The third-order valence-corrected chi connectivity index (χ3v) is 11.2. The van der Waals surface area contributed by atoms with Gasteiger partial charge in [-0.25, -0.2) is 0 Å². The molecule has 0 saturated carbocycles. The number of benzene rings is 8. The molecule has 0 unspecified atom stereocenters. The van der Waals surface area contributed by atoms with Crippen LogP contribution in [0, 0.1) is 0 Å². The molecular weight excluding hydrogens is 649 g/mol. The standard InChI is InChI=1S/C49H32N2S/c1-2-10-33(11-3-1)34-18-24-39(25-19-34)51(40-26-20-35(21-27-40)38-31-48-49(50-32-38)45-16-8-9-17-47(45)52-48)41-28-22-36(23-29-41)46-30-37-12-4-5-13-42(37)43-14-6-7-15-44(43)46/h1-32H. The Morgan fingerprint density at radius 3 is 1.58 bits per heavy atom. The maximum atomic E-state index is 4.90. The van der Waals surface area contributed by atoms with E-state index in [1.54, 1.807) is 11.3 Å². The number of nitrogens with zero attached hydrogens (tertiary/aromatic N) is 2. The van der Waals surface area contributed by atoms with Crippen LogP contribution < -0.4 is 4.90 Å². The number of anilines is 3. The van der Waals surface area contributed by atoms with Crippen LogP contribution in [-0.4, -0.2) is 4.98 Å². The lowest BCUT2D eigenvalue weighted by Gasteiger charge is -2.26. The first-order valence-corrected chi connectivity index (χ1v) is 18.4. The highest BCUT2D eigenvalue weighted by Gasteiger charge is 2.16. The molecule has 0 aliphatic carbocycles. The molecule has 8 aromatic carbocycles. The van der Waals surface area contributed by atoms with Crippen LogP contribution in [0.5, 0.6) is 0 Å². The van der Waals surface area contributed by atoms with Gasteiger partial charge in [0, 0.05) is 38.9 Å². The third kappa shape index (κ3) is 5.31. The highest BCUT2D eigenvalue weighted by Crippen LogP contribution is 2.40. The zero-order chi connectivity index (χ0) is 34.4. The normalized spacial score (nSPS) is 11.5. The minimum Gasteiger partial charge on any atom is -0.311 e. The predicted molar refractivity (Wildman–Crippen MR) is 223 cm³/mol. The summed E-state index contributed by atoms with van der Waals surface area (Å²) in [5, 5.41) is 6.30. The van der Waals surface area contributed by atoms with Gasteiger partial charge in [-0.2, -0.15) is 0 Å². The van der Waals surface area contributed by atoms with E-state index in [9.17, 15) is 0 Å². The lowest BCUT2D eigenvalue weighted by molar-refractivity contribution is 1.28. The van der Waals surface area contributed by atoms with Crippen molar-refractivity contribution in [2.45, 2.75) is 0 Å². The minimum absolute atomic E-state index is 1.08. The van der Waals surface area contributed by atoms with Crippen molar-refractivity contribution < 1.29 is 0 Å². The molecule has 0 radical (unpaired) electrons. The van der Waals surface area contributed by atoms with Crippen molar-refractivity contribution in [3.8, 4) is 33.4 Å². The summed E-state index contributed by atoms with van der Waals surface area (Å²) < 4.78 is 2.48. The van der Waals surface area contributed by atoms with Gasteiger partial charge in [-0.05, 0) is 104 Å². The van der Waals surface area contributed by atoms with Gasteiger partial charge in [0.2, 0.25) is 0 Å². The Bertz CT molecular complexity index is 2870. The van der Waals surface area contributed by atoms with Crippen LogP contribution in [0.25, 0.3) is 75.2 Å². The maximum absolute atomic E-state index is 4.90. The zero-order valence-electron chi connectivity index (χ0n) is 28.3. The van der Waals surface area contributed by atoms with Gasteiger partial charge in [0.05, 0.1) is 10.2 Å². The number of hydrogen-bond donors (Lipinski definition) is 0. The Labute approximate surface area is 306 Å². The Balaban J connectivity index is 1.05. The Morgan fingerprint density at radius 2 is 0.885 bits per heavy atom. The molecule has 0 amide bonds. The molecule has 2 heterocycles. The van der Waals surface area contributed by atoms with Crippen molar-refractivity contribution in [1.82, 2.24) is 4.98 Å². The lowest BCUT2D eigenvalue weighted by Crippen LogP contribution is -2.09. The molecule has 0 saturated heterocycles. The fraction of sp³-hybridized carbons (Fsp3) is 0. The number of thiophene rings is 1. The van der Waals surface area contributed by atoms with E-state index in [0.717, 1.165) is 33.7 Å². The quantitative estimate of drug-likeness (QED) is 0.163. The van der Waals surface area contributed by atoms with E-state index in [1.165, 1.54) is 58.6 Å². The van der Waals surface area contributed by atoms with Crippen LogP contribution in [0.4, 0.5) is 17.1 Å². The molecule has 0 aliphatic rings. The molecule has 0 atom stereocenters. The first-order chi connectivity index (χ1) is 25.8. The largest absolute Gasteiger partial charge is 0.311 e. The van der Waals surface area contributed by atoms with Crippen molar-refractivity contribution in [2.75, 3.05) is 4.90 Å². The van der Waals surface area contributed by atoms with Crippen molar-refractivity contribution in [3.63, 3.8) is 0 Å². The van der Waals surface area contributed by atoms with Gasteiger partial charge in [-0.15, -0.1) is 11.3 Å². The molecule has 10 aromatic rings. The van der Waals surface area contributed by atoms with Gasteiger partial charge >= 0.3 is 0 Å². The van der Waals surface area contributed by atoms with Crippen LogP contribution in [0.15, 0.2) is 194 Å². The maximum Gasteiger partial charge on any atom is 0.0888 e. The molecule has 0 bridgehead atoms. The number of hydrogen-bond acceptors (Lipinski definition) is 3. The van der Waals surface area contributed by atoms with Gasteiger partial charge in [-0.1, -0.05) is 133 Å². The number of fused-ring (bicyclic) bond motifs is 6. The monoisotopic (exact) mass is 680 g/mol. The summed E-state index contributed by atoms with van der Waals surface area (Å²) in [4.78, 5) is 7.24. The van der Waals surface area contributed by atoms with E-state index in [1.807, 2.05) is 6.20 Å². The van der Waals surface area contributed by atoms with Gasteiger partial charge in [-0.3, -0.25) is 4.98 Å². The van der Waals surface area contributed by atoms with Gasteiger partial charge in [0.1, 0.15) is 0 Å². The molecule has 10 rings (SSSR count). The summed E-state index contributed by atoms with van der Waals surface area (Å²) in [5.74, 6) is 0. The molecule has 244 valence electrons.